The molecule has 0 bridgehead atoms. The third kappa shape index (κ3) is 9.44. The zero-order chi connectivity index (χ0) is 20.4. The average Bonchev–Trinajstić information content (AvgIpc) is 2.71. The van der Waals surface area contributed by atoms with Gasteiger partial charge in [0, 0.05) is 50.6 Å². The zero-order valence-corrected chi connectivity index (χ0v) is 22.0. The van der Waals surface area contributed by atoms with Crippen molar-refractivity contribution in [1.29, 1.82) is 0 Å². The van der Waals surface area contributed by atoms with Crippen LogP contribution < -0.4 is 10.6 Å². The molecule has 29 heavy (non-hydrogen) atoms. The molecule has 2 N–H and O–H groups in total. The van der Waals surface area contributed by atoms with Crippen LogP contribution in [0.15, 0.2) is 29.3 Å². The Morgan fingerprint density at radius 3 is 2.24 bits per heavy atom. The van der Waals surface area contributed by atoms with Gasteiger partial charge in [-0.25, -0.2) is 4.99 Å². The molecule has 5 nitrogen and oxygen atoms in total. The van der Waals surface area contributed by atoms with Crippen molar-refractivity contribution >= 4 is 41.7 Å². The summed E-state index contributed by atoms with van der Waals surface area (Å²) in [5.41, 5.74) is 2.72. The lowest BCUT2D eigenvalue weighted by molar-refractivity contribution is 0.131. The van der Waals surface area contributed by atoms with E-state index < -0.39 is 0 Å². The fourth-order valence-corrected chi connectivity index (χ4v) is 3.46. The second-order valence-corrected chi connectivity index (χ2v) is 9.51. The van der Waals surface area contributed by atoms with Crippen molar-refractivity contribution in [2.24, 2.45) is 4.99 Å². The van der Waals surface area contributed by atoms with Gasteiger partial charge in [0.15, 0.2) is 5.96 Å². The molecule has 0 amide bonds. The molecule has 1 fully saturated rings. The minimum Gasteiger partial charge on any atom is -0.357 e. The summed E-state index contributed by atoms with van der Waals surface area (Å²) in [6.07, 6.45) is 2.16. The Morgan fingerprint density at radius 1 is 1.03 bits per heavy atom. The van der Waals surface area contributed by atoms with Crippen LogP contribution in [-0.2, 0) is 13.1 Å². The largest absolute Gasteiger partial charge is 0.357 e. The summed E-state index contributed by atoms with van der Waals surface area (Å²) < 4.78 is 0.189. The number of hydrogen-bond acceptors (Lipinski definition) is 4. The Morgan fingerprint density at radius 2 is 1.66 bits per heavy atom. The second kappa shape index (κ2) is 13.7. The summed E-state index contributed by atoms with van der Waals surface area (Å²) in [7, 11) is 0. The van der Waals surface area contributed by atoms with Crippen LogP contribution in [0, 0.1) is 0 Å². The summed E-state index contributed by atoms with van der Waals surface area (Å²) in [5.74, 6) is 0.899. The molecule has 0 aromatic heterocycles. The third-order valence-electron chi connectivity index (χ3n) is 5.41. The second-order valence-electron chi connectivity index (χ2n) is 7.99. The van der Waals surface area contributed by atoms with Crippen molar-refractivity contribution in [2.45, 2.75) is 45.5 Å². The van der Waals surface area contributed by atoms with Gasteiger partial charge in [-0.05, 0) is 44.7 Å². The maximum Gasteiger partial charge on any atom is 0.191 e. The van der Waals surface area contributed by atoms with Crippen LogP contribution in [0.2, 0.25) is 0 Å². The Bertz CT molecular complexity index is 615. The van der Waals surface area contributed by atoms with E-state index in [-0.39, 0.29) is 28.7 Å². The molecular formula is C22H40IN5S. The minimum absolute atomic E-state index is 0. The van der Waals surface area contributed by atoms with Crippen molar-refractivity contribution in [3.63, 3.8) is 0 Å². The molecule has 1 aromatic carbocycles. The molecule has 1 saturated heterocycles. The van der Waals surface area contributed by atoms with E-state index in [1.165, 1.54) is 24.2 Å². The highest BCUT2D eigenvalue weighted by atomic mass is 127. The van der Waals surface area contributed by atoms with Crippen LogP contribution in [0.3, 0.4) is 0 Å². The number of rotatable bonds is 9. The van der Waals surface area contributed by atoms with E-state index in [1.54, 1.807) is 0 Å². The SMILES string of the molecule is CCNC(=NCc1ccccc1CN1CCN(CC)CC1)NCC(C)(C)SC.I. The van der Waals surface area contributed by atoms with Crippen LogP contribution >= 0.6 is 35.7 Å². The van der Waals surface area contributed by atoms with Gasteiger partial charge in [-0.3, -0.25) is 4.90 Å². The number of aliphatic imine (C=N–C) groups is 1. The summed E-state index contributed by atoms with van der Waals surface area (Å²) in [5, 5.41) is 6.87. The maximum atomic E-state index is 4.86. The van der Waals surface area contributed by atoms with Gasteiger partial charge >= 0.3 is 0 Å². The molecule has 166 valence electrons. The highest BCUT2D eigenvalue weighted by Crippen LogP contribution is 2.19. The molecule has 0 spiro atoms. The number of likely N-dealkylation sites (N-methyl/N-ethyl adjacent to an activating group) is 1. The number of nitrogens with one attached hydrogen (secondary N) is 2. The third-order valence-corrected chi connectivity index (χ3v) is 6.66. The lowest BCUT2D eigenvalue weighted by atomic mass is 10.1. The number of hydrogen-bond donors (Lipinski definition) is 2. The van der Waals surface area contributed by atoms with E-state index in [9.17, 15) is 0 Å². The van der Waals surface area contributed by atoms with Gasteiger partial charge in [0.1, 0.15) is 0 Å². The highest BCUT2D eigenvalue weighted by molar-refractivity contribution is 14.0. The number of guanidine groups is 1. The number of halogens is 1. The predicted molar refractivity (Wildman–Crippen MR) is 140 cm³/mol. The number of piperazine rings is 1. The lowest BCUT2D eigenvalue weighted by Gasteiger charge is -2.34. The van der Waals surface area contributed by atoms with Crippen molar-refractivity contribution in [1.82, 2.24) is 20.4 Å². The first kappa shape index (κ1) is 26.5. The first-order valence-corrected chi connectivity index (χ1v) is 11.8. The summed E-state index contributed by atoms with van der Waals surface area (Å²) in [6, 6.07) is 8.75. The molecule has 0 unspecified atom stereocenters. The summed E-state index contributed by atoms with van der Waals surface area (Å²) in [6.45, 7) is 18.2. The molecule has 1 aliphatic rings. The van der Waals surface area contributed by atoms with Gasteiger partial charge in [-0.1, -0.05) is 31.2 Å². The van der Waals surface area contributed by atoms with Crippen molar-refractivity contribution in [2.75, 3.05) is 52.1 Å². The van der Waals surface area contributed by atoms with E-state index in [1.807, 2.05) is 11.8 Å². The van der Waals surface area contributed by atoms with E-state index in [2.05, 4.69) is 78.6 Å². The Hall–Kier alpha value is -0.510. The number of nitrogens with zero attached hydrogens (tertiary/aromatic N) is 3. The van der Waals surface area contributed by atoms with Crippen LogP contribution in [-0.4, -0.2) is 72.6 Å². The fraction of sp³-hybridized carbons (Fsp3) is 0.682. The molecular weight excluding hydrogens is 493 g/mol. The number of benzene rings is 1. The van der Waals surface area contributed by atoms with Gasteiger partial charge in [0.05, 0.1) is 6.54 Å². The summed E-state index contributed by atoms with van der Waals surface area (Å²) >= 11 is 1.87. The Labute approximate surface area is 199 Å². The topological polar surface area (TPSA) is 42.9 Å². The smallest absolute Gasteiger partial charge is 0.191 e. The molecule has 0 saturated carbocycles. The monoisotopic (exact) mass is 533 g/mol. The van der Waals surface area contributed by atoms with Crippen LogP contribution in [0.1, 0.15) is 38.8 Å². The van der Waals surface area contributed by atoms with Crippen molar-refractivity contribution in [3.8, 4) is 0 Å². The van der Waals surface area contributed by atoms with E-state index in [0.717, 1.165) is 45.2 Å². The van der Waals surface area contributed by atoms with E-state index >= 15 is 0 Å². The predicted octanol–water partition coefficient (Wildman–Crippen LogP) is 3.64. The Balaban J connectivity index is 0.00000420. The van der Waals surface area contributed by atoms with E-state index in [4.69, 9.17) is 4.99 Å². The quantitative estimate of drug-likeness (QED) is 0.288. The van der Waals surface area contributed by atoms with Crippen LogP contribution in [0.5, 0.6) is 0 Å². The molecule has 2 rings (SSSR count). The minimum atomic E-state index is 0. The number of thioether (sulfide) groups is 1. The summed E-state index contributed by atoms with van der Waals surface area (Å²) in [4.78, 5) is 9.95. The van der Waals surface area contributed by atoms with Crippen LogP contribution in [0.4, 0.5) is 0 Å². The molecule has 0 aliphatic carbocycles. The molecule has 7 heteroatoms. The normalized spacial score (nSPS) is 16.4. The first-order valence-electron chi connectivity index (χ1n) is 10.6. The molecule has 1 aliphatic heterocycles. The maximum absolute atomic E-state index is 4.86. The molecule has 0 radical (unpaired) electrons. The van der Waals surface area contributed by atoms with Gasteiger partial charge < -0.3 is 15.5 Å². The standard InChI is InChI=1S/C22H39N5S.HI/c1-6-23-21(25-18-22(3,4)28-5)24-16-19-10-8-9-11-20(19)17-27-14-12-26(7-2)13-15-27;/h8-11H,6-7,12-18H2,1-5H3,(H2,23,24,25);1H. The molecule has 0 atom stereocenters. The van der Waals surface area contributed by atoms with Crippen molar-refractivity contribution in [3.05, 3.63) is 35.4 Å². The van der Waals surface area contributed by atoms with Gasteiger partial charge in [-0.2, -0.15) is 11.8 Å². The van der Waals surface area contributed by atoms with Crippen molar-refractivity contribution < 1.29 is 0 Å². The van der Waals surface area contributed by atoms with Gasteiger partial charge in [-0.15, -0.1) is 24.0 Å². The Kier molecular flexibility index (Phi) is 12.6. The first-order chi connectivity index (χ1) is 13.5. The van der Waals surface area contributed by atoms with Gasteiger partial charge in [0.2, 0.25) is 0 Å². The molecule has 1 heterocycles. The lowest BCUT2D eigenvalue weighted by Crippen LogP contribution is -2.45. The van der Waals surface area contributed by atoms with E-state index in [0.29, 0.717) is 6.54 Å². The highest BCUT2D eigenvalue weighted by Gasteiger charge is 2.17. The zero-order valence-electron chi connectivity index (χ0n) is 18.8. The average molecular weight is 534 g/mol. The van der Waals surface area contributed by atoms with Gasteiger partial charge in [0.25, 0.3) is 0 Å². The fourth-order valence-electron chi connectivity index (χ4n) is 3.25. The van der Waals surface area contributed by atoms with Crippen LogP contribution in [0.25, 0.3) is 0 Å². The molecule has 1 aromatic rings.